The van der Waals surface area contributed by atoms with Gasteiger partial charge in [0.25, 0.3) is 0 Å². The van der Waals surface area contributed by atoms with E-state index in [1.165, 1.54) is 12.1 Å². The second-order valence-corrected chi connectivity index (χ2v) is 6.54. The zero-order valence-corrected chi connectivity index (χ0v) is 15.1. The maximum atomic E-state index is 12.6. The predicted octanol–water partition coefficient (Wildman–Crippen LogP) is 3.82. The fourth-order valence-corrected chi connectivity index (χ4v) is 2.71. The summed E-state index contributed by atoms with van der Waals surface area (Å²) in [6, 6.07) is 13.0. The molecule has 2 unspecified atom stereocenters. The SMILES string of the molecule is CCC(C)CC(O)CNc1ccc(C(=O)c2ccccc2C(=O)O)cc1. The van der Waals surface area contributed by atoms with Crippen molar-refractivity contribution in [1.82, 2.24) is 0 Å². The van der Waals surface area contributed by atoms with E-state index in [0.29, 0.717) is 18.0 Å². The van der Waals surface area contributed by atoms with Gasteiger partial charge in [0.05, 0.1) is 11.7 Å². The van der Waals surface area contributed by atoms with Crippen molar-refractivity contribution >= 4 is 17.4 Å². The first-order valence-electron chi connectivity index (χ1n) is 8.81. The maximum Gasteiger partial charge on any atom is 0.336 e. The Bertz CT molecular complexity index is 755. The lowest BCUT2D eigenvalue weighted by Gasteiger charge is -2.16. The number of aromatic carboxylic acids is 1. The van der Waals surface area contributed by atoms with Crippen molar-refractivity contribution in [1.29, 1.82) is 0 Å². The molecule has 2 rings (SSSR count). The molecule has 0 saturated carbocycles. The van der Waals surface area contributed by atoms with Crippen LogP contribution in [0, 0.1) is 5.92 Å². The highest BCUT2D eigenvalue weighted by Crippen LogP contribution is 2.17. The Kier molecular flexibility index (Phi) is 6.92. The average molecular weight is 355 g/mol. The summed E-state index contributed by atoms with van der Waals surface area (Å²) < 4.78 is 0. The molecular formula is C21H25NO4. The van der Waals surface area contributed by atoms with Crippen LogP contribution in [0.25, 0.3) is 0 Å². The minimum atomic E-state index is -1.12. The van der Waals surface area contributed by atoms with Gasteiger partial charge < -0.3 is 15.5 Å². The van der Waals surface area contributed by atoms with Gasteiger partial charge in [0.2, 0.25) is 0 Å². The summed E-state index contributed by atoms with van der Waals surface area (Å²) in [5.41, 5.74) is 1.39. The molecule has 0 radical (unpaired) electrons. The van der Waals surface area contributed by atoms with E-state index in [2.05, 4.69) is 19.2 Å². The molecule has 138 valence electrons. The number of aliphatic hydroxyl groups is 1. The summed E-state index contributed by atoms with van der Waals surface area (Å²) in [4.78, 5) is 23.9. The average Bonchev–Trinajstić information content (AvgIpc) is 2.66. The summed E-state index contributed by atoms with van der Waals surface area (Å²) in [5, 5.41) is 22.4. The molecule has 0 aromatic heterocycles. The van der Waals surface area contributed by atoms with E-state index < -0.39 is 12.1 Å². The van der Waals surface area contributed by atoms with Crippen LogP contribution in [-0.2, 0) is 0 Å². The molecule has 0 bridgehead atoms. The highest BCUT2D eigenvalue weighted by Gasteiger charge is 2.17. The predicted molar refractivity (Wildman–Crippen MR) is 102 cm³/mol. The third-order valence-corrected chi connectivity index (χ3v) is 4.46. The van der Waals surface area contributed by atoms with Crippen molar-refractivity contribution in [2.24, 2.45) is 5.92 Å². The Morgan fingerprint density at radius 3 is 2.23 bits per heavy atom. The molecule has 2 atom stereocenters. The number of carbonyl (C=O) groups is 2. The van der Waals surface area contributed by atoms with E-state index >= 15 is 0 Å². The normalized spacial score (nSPS) is 13.0. The number of anilines is 1. The van der Waals surface area contributed by atoms with E-state index in [1.807, 2.05) is 0 Å². The standard InChI is InChI=1S/C21H25NO4/c1-3-14(2)12-17(23)13-22-16-10-8-15(9-11-16)20(24)18-6-4-5-7-19(18)21(25)26/h4-11,14,17,22-23H,3,12-13H2,1-2H3,(H,25,26). The molecule has 5 nitrogen and oxygen atoms in total. The molecule has 26 heavy (non-hydrogen) atoms. The largest absolute Gasteiger partial charge is 0.478 e. The van der Waals surface area contributed by atoms with Gasteiger partial charge in [-0.05, 0) is 42.7 Å². The van der Waals surface area contributed by atoms with Crippen LogP contribution in [0.3, 0.4) is 0 Å². The second kappa shape index (κ2) is 9.15. The molecule has 0 spiro atoms. The summed E-state index contributed by atoms with van der Waals surface area (Å²) >= 11 is 0. The topological polar surface area (TPSA) is 86.6 Å². The molecular weight excluding hydrogens is 330 g/mol. The molecule has 0 aliphatic heterocycles. The first-order valence-corrected chi connectivity index (χ1v) is 8.81. The molecule has 5 heteroatoms. The third-order valence-electron chi connectivity index (χ3n) is 4.46. The smallest absolute Gasteiger partial charge is 0.336 e. The van der Waals surface area contributed by atoms with E-state index in [4.69, 9.17) is 0 Å². The summed E-state index contributed by atoms with van der Waals surface area (Å²) in [5.74, 6) is -0.977. The van der Waals surface area contributed by atoms with Crippen molar-refractivity contribution in [3.05, 3.63) is 65.2 Å². The Labute approximate surface area is 153 Å². The Morgan fingerprint density at radius 2 is 1.65 bits per heavy atom. The molecule has 0 aliphatic carbocycles. The van der Waals surface area contributed by atoms with Crippen LogP contribution in [0.1, 0.15) is 53.0 Å². The highest BCUT2D eigenvalue weighted by molar-refractivity contribution is 6.14. The summed E-state index contributed by atoms with van der Waals surface area (Å²) in [6.07, 6.45) is 1.35. The number of hydrogen-bond donors (Lipinski definition) is 3. The molecule has 0 heterocycles. The van der Waals surface area contributed by atoms with Crippen LogP contribution in [0.15, 0.2) is 48.5 Å². The first-order chi connectivity index (χ1) is 12.4. The minimum Gasteiger partial charge on any atom is -0.478 e. The molecule has 2 aromatic carbocycles. The van der Waals surface area contributed by atoms with Gasteiger partial charge in [-0.15, -0.1) is 0 Å². The molecule has 0 amide bonds. The van der Waals surface area contributed by atoms with Crippen molar-refractivity contribution in [3.8, 4) is 0 Å². The van der Waals surface area contributed by atoms with Crippen LogP contribution in [-0.4, -0.2) is 34.6 Å². The zero-order valence-electron chi connectivity index (χ0n) is 15.1. The van der Waals surface area contributed by atoms with Crippen molar-refractivity contribution < 1.29 is 19.8 Å². The lowest BCUT2D eigenvalue weighted by molar-refractivity contribution is 0.0692. The highest BCUT2D eigenvalue weighted by atomic mass is 16.4. The van der Waals surface area contributed by atoms with Crippen LogP contribution in [0.2, 0.25) is 0 Å². The van der Waals surface area contributed by atoms with Gasteiger partial charge in [0, 0.05) is 23.4 Å². The molecule has 2 aromatic rings. The number of carboxylic acids is 1. The minimum absolute atomic E-state index is 0.00660. The first kappa shape index (κ1) is 19.7. The number of hydrogen-bond acceptors (Lipinski definition) is 4. The summed E-state index contributed by atoms with van der Waals surface area (Å²) in [7, 11) is 0. The van der Waals surface area contributed by atoms with Gasteiger partial charge in [-0.25, -0.2) is 4.79 Å². The van der Waals surface area contributed by atoms with Crippen LogP contribution < -0.4 is 5.32 Å². The van der Waals surface area contributed by atoms with Crippen LogP contribution in [0.4, 0.5) is 5.69 Å². The molecule has 0 fully saturated rings. The number of carboxylic acid groups (broad SMARTS) is 1. The lowest BCUT2D eigenvalue weighted by atomic mass is 9.98. The second-order valence-electron chi connectivity index (χ2n) is 6.54. The fraction of sp³-hybridized carbons (Fsp3) is 0.333. The fourth-order valence-electron chi connectivity index (χ4n) is 2.71. The quantitative estimate of drug-likeness (QED) is 0.595. The van der Waals surface area contributed by atoms with E-state index in [1.54, 1.807) is 36.4 Å². The van der Waals surface area contributed by atoms with E-state index in [0.717, 1.165) is 18.5 Å². The number of carbonyl (C=O) groups excluding carboxylic acids is 1. The lowest BCUT2D eigenvalue weighted by Crippen LogP contribution is -2.21. The van der Waals surface area contributed by atoms with Gasteiger partial charge >= 0.3 is 5.97 Å². The molecule has 3 N–H and O–H groups in total. The van der Waals surface area contributed by atoms with E-state index in [-0.39, 0.29) is 16.9 Å². The monoisotopic (exact) mass is 355 g/mol. The van der Waals surface area contributed by atoms with Crippen molar-refractivity contribution in [2.45, 2.75) is 32.8 Å². The van der Waals surface area contributed by atoms with E-state index in [9.17, 15) is 19.8 Å². The Hall–Kier alpha value is -2.66. The van der Waals surface area contributed by atoms with Gasteiger partial charge in [-0.1, -0.05) is 38.5 Å². The maximum absolute atomic E-state index is 12.6. The Balaban J connectivity index is 2.03. The summed E-state index contributed by atoms with van der Waals surface area (Å²) in [6.45, 7) is 4.65. The van der Waals surface area contributed by atoms with Crippen LogP contribution >= 0.6 is 0 Å². The van der Waals surface area contributed by atoms with Gasteiger partial charge in [0.15, 0.2) is 5.78 Å². The number of nitrogens with one attached hydrogen (secondary N) is 1. The number of rotatable bonds is 9. The van der Waals surface area contributed by atoms with Gasteiger partial charge in [-0.2, -0.15) is 0 Å². The van der Waals surface area contributed by atoms with Gasteiger partial charge in [0.1, 0.15) is 0 Å². The van der Waals surface area contributed by atoms with Crippen molar-refractivity contribution in [3.63, 3.8) is 0 Å². The molecule has 0 aliphatic rings. The zero-order chi connectivity index (χ0) is 19.1. The third kappa shape index (κ3) is 5.17. The molecule has 0 saturated heterocycles. The number of aliphatic hydroxyl groups excluding tert-OH is 1. The van der Waals surface area contributed by atoms with Gasteiger partial charge in [-0.3, -0.25) is 4.79 Å². The van der Waals surface area contributed by atoms with Crippen LogP contribution in [0.5, 0.6) is 0 Å². The Morgan fingerprint density at radius 1 is 1.04 bits per heavy atom. The number of ketones is 1. The number of benzene rings is 2. The van der Waals surface area contributed by atoms with Crippen molar-refractivity contribution in [2.75, 3.05) is 11.9 Å².